The zero-order chi connectivity index (χ0) is 25.8. The van der Waals surface area contributed by atoms with Crippen LogP contribution in [-0.2, 0) is 10.8 Å². The van der Waals surface area contributed by atoms with Crippen LogP contribution in [0.1, 0.15) is 61.8 Å². The minimum Gasteiger partial charge on any atom is -0.508 e. The Kier molecular flexibility index (Phi) is 7.25. The molecule has 0 heterocycles. The van der Waals surface area contributed by atoms with Crippen LogP contribution < -0.4 is 0 Å². The number of aromatic hydroxyl groups is 4. The van der Waals surface area contributed by atoms with Crippen molar-refractivity contribution in [2.45, 2.75) is 50.4 Å². The molecule has 0 amide bonds. The van der Waals surface area contributed by atoms with Gasteiger partial charge in [0.05, 0.1) is 0 Å². The van der Waals surface area contributed by atoms with E-state index in [0.717, 1.165) is 47.9 Å². The van der Waals surface area contributed by atoms with Crippen LogP contribution >= 0.6 is 0 Å². The molecule has 0 spiro atoms. The molecular formula is C32H34O4. The maximum absolute atomic E-state index is 9.91. The quantitative estimate of drug-likeness (QED) is 0.201. The molecule has 4 aromatic carbocycles. The Bertz CT molecular complexity index is 1170. The molecule has 0 atom stereocenters. The average molecular weight is 483 g/mol. The Morgan fingerprint density at radius 2 is 0.778 bits per heavy atom. The summed E-state index contributed by atoms with van der Waals surface area (Å²) in [5.41, 5.74) is 3.84. The van der Waals surface area contributed by atoms with E-state index in [-0.39, 0.29) is 33.8 Å². The van der Waals surface area contributed by atoms with Gasteiger partial charge in [0, 0.05) is 10.8 Å². The van der Waals surface area contributed by atoms with Crippen molar-refractivity contribution < 1.29 is 20.4 Å². The molecule has 4 N–H and O–H groups in total. The lowest BCUT2D eigenvalue weighted by molar-refractivity contribution is 0.394. The highest BCUT2D eigenvalue weighted by atomic mass is 16.3. The minimum atomic E-state index is -0.329. The second-order valence-electron chi connectivity index (χ2n) is 9.81. The van der Waals surface area contributed by atoms with E-state index in [0.29, 0.717) is 0 Å². The van der Waals surface area contributed by atoms with Crippen LogP contribution in [0.5, 0.6) is 23.0 Å². The molecule has 0 saturated carbocycles. The number of benzene rings is 4. The van der Waals surface area contributed by atoms with Crippen LogP contribution in [0.25, 0.3) is 0 Å². The van der Waals surface area contributed by atoms with Gasteiger partial charge in [-0.1, -0.05) is 68.8 Å². The lowest BCUT2D eigenvalue weighted by atomic mass is 9.66. The third kappa shape index (κ3) is 5.03. The molecule has 0 aliphatic rings. The van der Waals surface area contributed by atoms with Gasteiger partial charge in [-0.3, -0.25) is 0 Å². The smallest absolute Gasteiger partial charge is 0.115 e. The standard InChI is InChI=1S/C32H34O4/c1-3-32(25-9-17-29(35)18-10-25,26-11-19-30(36)20-12-26)22-4-21-31(2,23-5-13-27(33)14-6-23)24-7-15-28(34)16-8-24/h5-20,33-36H,3-4,21-22H2,1-2H3. The Morgan fingerprint density at radius 3 is 1.08 bits per heavy atom. The first-order valence-electron chi connectivity index (χ1n) is 12.4. The summed E-state index contributed by atoms with van der Waals surface area (Å²) >= 11 is 0. The van der Waals surface area contributed by atoms with Crippen molar-refractivity contribution in [2.24, 2.45) is 0 Å². The van der Waals surface area contributed by atoms with Gasteiger partial charge in [-0.15, -0.1) is 0 Å². The fourth-order valence-electron chi connectivity index (χ4n) is 5.46. The molecule has 0 aromatic heterocycles. The first-order valence-corrected chi connectivity index (χ1v) is 12.4. The van der Waals surface area contributed by atoms with Crippen LogP contribution in [0.4, 0.5) is 0 Å². The zero-order valence-corrected chi connectivity index (χ0v) is 20.9. The van der Waals surface area contributed by atoms with E-state index in [1.54, 1.807) is 48.5 Å². The van der Waals surface area contributed by atoms with E-state index < -0.39 is 0 Å². The van der Waals surface area contributed by atoms with Crippen molar-refractivity contribution in [2.75, 3.05) is 0 Å². The van der Waals surface area contributed by atoms with Gasteiger partial charge in [-0.2, -0.15) is 0 Å². The molecule has 4 nitrogen and oxygen atoms in total. The Labute approximate surface area is 213 Å². The third-order valence-electron chi connectivity index (χ3n) is 7.73. The summed E-state index contributed by atoms with van der Waals surface area (Å²) in [7, 11) is 0. The van der Waals surface area contributed by atoms with Crippen molar-refractivity contribution >= 4 is 0 Å². The first-order chi connectivity index (χ1) is 17.3. The molecule has 0 aliphatic carbocycles. The van der Waals surface area contributed by atoms with Gasteiger partial charge in [0.2, 0.25) is 0 Å². The summed E-state index contributed by atoms with van der Waals surface area (Å²) in [6.07, 6.45) is 3.47. The highest BCUT2D eigenvalue weighted by molar-refractivity contribution is 5.44. The Hall–Kier alpha value is -3.92. The van der Waals surface area contributed by atoms with Crippen molar-refractivity contribution in [3.05, 3.63) is 119 Å². The Balaban J connectivity index is 1.70. The predicted octanol–water partition coefficient (Wildman–Crippen LogP) is 7.38. The maximum atomic E-state index is 9.91. The van der Waals surface area contributed by atoms with E-state index in [1.165, 1.54) is 0 Å². The van der Waals surface area contributed by atoms with E-state index in [2.05, 4.69) is 13.8 Å². The van der Waals surface area contributed by atoms with Crippen LogP contribution in [0, 0.1) is 0 Å². The second kappa shape index (κ2) is 10.4. The monoisotopic (exact) mass is 482 g/mol. The molecule has 186 valence electrons. The Morgan fingerprint density at radius 1 is 0.472 bits per heavy atom. The topological polar surface area (TPSA) is 80.9 Å². The number of phenols is 4. The van der Waals surface area contributed by atoms with Crippen LogP contribution in [0.15, 0.2) is 97.1 Å². The predicted molar refractivity (Wildman–Crippen MR) is 144 cm³/mol. The average Bonchev–Trinajstić information content (AvgIpc) is 2.88. The van der Waals surface area contributed by atoms with Gasteiger partial charge in [-0.25, -0.2) is 0 Å². The number of hydrogen-bond acceptors (Lipinski definition) is 4. The summed E-state index contributed by atoms with van der Waals surface area (Å²) < 4.78 is 0. The van der Waals surface area contributed by atoms with E-state index in [9.17, 15) is 20.4 Å². The molecule has 0 bridgehead atoms. The van der Waals surface area contributed by atoms with Crippen molar-refractivity contribution in [1.29, 1.82) is 0 Å². The van der Waals surface area contributed by atoms with E-state index in [4.69, 9.17) is 0 Å². The minimum absolute atomic E-state index is 0.233. The lowest BCUT2D eigenvalue weighted by Crippen LogP contribution is -2.29. The zero-order valence-electron chi connectivity index (χ0n) is 20.9. The van der Waals surface area contributed by atoms with Crippen molar-refractivity contribution in [1.82, 2.24) is 0 Å². The third-order valence-corrected chi connectivity index (χ3v) is 7.73. The largest absolute Gasteiger partial charge is 0.508 e. The van der Waals surface area contributed by atoms with Crippen LogP contribution in [0.2, 0.25) is 0 Å². The molecule has 0 aliphatic heterocycles. The molecule has 36 heavy (non-hydrogen) atoms. The fraction of sp³-hybridized carbons (Fsp3) is 0.250. The van der Waals surface area contributed by atoms with Gasteiger partial charge >= 0.3 is 0 Å². The maximum Gasteiger partial charge on any atom is 0.115 e. The van der Waals surface area contributed by atoms with Crippen LogP contribution in [-0.4, -0.2) is 20.4 Å². The van der Waals surface area contributed by atoms with E-state index >= 15 is 0 Å². The summed E-state index contributed by atoms with van der Waals surface area (Å²) in [6, 6.07) is 29.6. The second-order valence-corrected chi connectivity index (χ2v) is 9.81. The fourth-order valence-corrected chi connectivity index (χ4v) is 5.46. The van der Waals surface area contributed by atoms with Gasteiger partial charge < -0.3 is 20.4 Å². The van der Waals surface area contributed by atoms with E-state index in [1.807, 2.05) is 48.5 Å². The lowest BCUT2D eigenvalue weighted by Gasteiger charge is -2.37. The molecule has 0 unspecified atom stereocenters. The molecule has 0 fully saturated rings. The molecule has 4 heteroatoms. The number of hydrogen-bond donors (Lipinski definition) is 4. The summed E-state index contributed by atoms with van der Waals surface area (Å²) in [4.78, 5) is 0. The number of rotatable bonds is 9. The normalized spacial score (nSPS) is 11.9. The molecule has 0 radical (unpaired) electrons. The van der Waals surface area contributed by atoms with Gasteiger partial charge in [0.25, 0.3) is 0 Å². The SMILES string of the molecule is CCC(CCCC(C)(c1ccc(O)cc1)c1ccc(O)cc1)(c1ccc(O)cc1)c1ccc(O)cc1. The van der Waals surface area contributed by atoms with Gasteiger partial charge in [0.1, 0.15) is 23.0 Å². The molecule has 0 saturated heterocycles. The molecule has 4 aromatic rings. The van der Waals surface area contributed by atoms with Gasteiger partial charge in [0.15, 0.2) is 0 Å². The highest BCUT2D eigenvalue weighted by Crippen LogP contribution is 2.44. The van der Waals surface area contributed by atoms with Crippen molar-refractivity contribution in [3.8, 4) is 23.0 Å². The molecular weight excluding hydrogens is 448 g/mol. The summed E-state index contributed by atoms with van der Waals surface area (Å²) in [6.45, 7) is 4.39. The van der Waals surface area contributed by atoms with Crippen LogP contribution in [0.3, 0.4) is 0 Å². The van der Waals surface area contributed by atoms with Gasteiger partial charge in [-0.05, 0) is 90.0 Å². The van der Waals surface area contributed by atoms with Crippen molar-refractivity contribution in [3.63, 3.8) is 0 Å². The number of phenolic OH excluding ortho intramolecular Hbond substituents is 4. The summed E-state index contributed by atoms with van der Waals surface area (Å²) in [5.74, 6) is 0.941. The molecule has 4 rings (SSSR count). The highest BCUT2D eigenvalue weighted by Gasteiger charge is 2.35. The first kappa shape index (κ1) is 25.2. The summed E-state index contributed by atoms with van der Waals surface area (Å²) in [5, 5.41) is 39.5.